The summed E-state index contributed by atoms with van der Waals surface area (Å²) < 4.78 is 33.2. The highest BCUT2D eigenvalue weighted by molar-refractivity contribution is 7.89. The summed E-state index contributed by atoms with van der Waals surface area (Å²) in [7, 11) is -3.50. The minimum Gasteiger partial charge on any atom is -0.359 e. The van der Waals surface area contributed by atoms with Crippen LogP contribution in [-0.2, 0) is 14.8 Å². The second-order valence-electron chi connectivity index (χ2n) is 5.81. The Morgan fingerprint density at radius 1 is 1.19 bits per heavy atom. The Balaban J connectivity index is 2.31. The van der Waals surface area contributed by atoms with Crippen molar-refractivity contribution in [2.75, 3.05) is 6.54 Å². The molecule has 1 aliphatic heterocycles. The number of aryl methyl sites for hydroxylation is 1. The molecule has 0 spiro atoms. The summed E-state index contributed by atoms with van der Waals surface area (Å²) in [5, 5.41) is 0. The maximum absolute atomic E-state index is 12.9. The van der Waals surface area contributed by atoms with Gasteiger partial charge in [-0.2, -0.15) is 4.31 Å². The van der Waals surface area contributed by atoms with Crippen LogP contribution in [0.25, 0.3) is 0 Å². The third-order valence-electron chi connectivity index (χ3n) is 4.13. The fourth-order valence-corrected chi connectivity index (χ4v) is 4.51. The van der Waals surface area contributed by atoms with Crippen molar-refractivity contribution >= 4 is 10.0 Å². The van der Waals surface area contributed by atoms with E-state index in [1.807, 2.05) is 26.0 Å². The molecule has 1 fully saturated rings. The van der Waals surface area contributed by atoms with Gasteiger partial charge in [-0.1, -0.05) is 38.5 Å². The molecule has 2 rings (SSSR count). The molecular weight excluding hydrogens is 286 g/mol. The molecular formula is C16H25NO3S. The molecule has 0 N–H and O–H groups in total. The third kappa shape index (κ3) is 3.30. The lowest BCUT2D eigenvalue weighted by Gasteiger charge is -2.41. The lowest BCUT2D eigenvalue weighted by Crippen LogP contribution is -2.52. The zero-order valence-electron chi connectivity index (χ0n) is 13.2. The highest BCUT2D eigenvalue weighted by Crippen LogP contribution is 2.30. The summed E-state index contributed by atoms with van der Waals surface area (Å²) >= 11 is 0. The van der Waals surface area contributed by atoms with E-state index in [2.05, 4.69) is 13.8 Å². The maximum Gasteiger partial charge on any atom is 0.245 e. The van der Waals surface area contributed by atoms with Crippen LogP contribution in [0, 0.1) is 12.8 Å². The molecule has 4 nitrogen and oxygen atoms in total. The topological polar surface area (TPSA) is 46.6 Å². The van der Waals surface area contributed by atoms with Gasteiger partial charge in [0.05, 0.1) is 11.0 Å². The normalized spacial score (nSPS) is 27.7. The fourth-order valence-electron chi connectivity index (χ4n) is 2.82. The highest BCUT2D eigenvalue weighted by atomic mass is 32.2. The van der Waals surface area contributed by atoms with Crippen LogP contribution in [-0.4, -0.2) is 31.6 Å². The van der Waals surface area contributed by atoms with Gasteiger partial charge in [-0.05, 0) is 37.8 Å². The van der Waals surface area contributed by atoms with Crippen LogP contribution in [0.2, 0.25) is 0 Å². The molecule has 5 heteroatoms. The number of hydrogen-bond donors (Lipinski definition) is 0. The first-order valence-electron chi connectivity index (χ1n) is 7.64. The minimum atomic E-state index is -3.50. The Bertz CT molecular complexity index is 568. The molecule has 0 radical (unpaired) electrons. The lowest BCUT2D eigenvalue weighted by atomic mass is 10.0. The molecule has 0 unspecified atom stereocenters. The van der Waals surface area contributed by atoms with E-state index < -0.39 is 10.0 Å². The van der Waals surface area contributed by atoms with Crippen LogP contribution in [0.4, 0.5) is 0 Å². The Morgan fingerprint density at radius 3 is 2.33 bits per heavy atom. The largest absolute Gasteiger partial charge is 0.359 e. The van der Waals surface area contributed by atoms with Crippen molar-refractivity contribution in [2.24, 2.45) is 5.92 Å². The van der Waals surface area contributed by atoms with Gasteiger partial charge in [-0.15, -0.1) is 0 Å². The zero-order chi connectivity index (χ0) is 15.6. The highest BCUT2D eigenvalue weighted by Gasteiger charge is 2.39. The standard InChI is InChI=1S/C16H25NO3S/c1-5-15-13(4)11-17(16(6-2)20-15)21(18,19)14-9-7-12(3)8-10-14/h7-10,13,15-16H,5-6,11H2,1-4H3/t13-,15-,16-/m0/s1. The molecule has 0 aliphatic carbocycles. The molecule has 1 saturated heterocycles. The lowest BCUT2D eigenvalue weighted by molar-refractivity contribution is -0.133. The van der Waals surface area contributed by atoms with Crippen molar-refractivity contribution in [3.05, 3.63) is 29.8 Å². The number of nitrogens with zero attached hydrogens (tertiary/aromatic N) is 1. The predicted octanol–water partition coefficient (Wildman–Crippen LogP) is 3.17. The summed E-state index contributed by atoms with van der Waals surface area (Å²) in [4.78, 5) is 0.345. The van der Waals surface area contributed by atoms with E-state index in [1.54, 1.807) is 12.1 Å². The number of hydrogen-bond acceptors (Lipinski definition) is 3. The van der Waals surface area contributed by atoms with Crippen LogP contribution in [0.15, 0.2) is 29.2 Å². The average molecular weight is 311 g/mol. The molecule has 0 saturated carbocycles. The van der Waals surface area contributed by atoms with Gasteiger partial charge in [0.25, 0.3) is 0 Å². The first kappa shape index (κ1) is 16.5. The molecule has 1 aromatic rings. The van der Waals surface area contributed by atoms with Crippen molar-refractivity contribution in [1.29, 1.82) is 0 Å². The Hall–Kier alpha value is -0.910. The molecule has 1 heterocycles. The Morgan fingerprint density at radius 2 is 1.81 bits per heavy atom. The summed E-state index contributed by atoms with van der Waals surface area (Å²) in [6, 6.07) is 7.01. The zero-order valence-corrected chi connectivity index (χ0v) is 14.1. The molecule has 0 bridgehead atoms. The Labute approximate surface area is 128 Å². The smallest absolute Gasteiger partial charge is 0.245 e. The number of rotatable bonds is 4. The van der Waals surface area contributed by atoms with Gasteiger partial charge in [0.1, 0.15) is 6.23 Å². The second kappa shape index (κ2) is 6.46. The second-order valence-corrected chi connectivity index (χ2v) is 7.70. The van der Waals surface area contributed by atoms with E-state index >= 15 is 0 Å². The van der Waals surface area contributed by atoms with Crippen LogP contribution >= 0.6 is 0 Å². The first-order valence-corrected chi connectivity index (χ1v) is 9.08. The monoisotopic (exact) mass is 311 g/mol. The molecule has 1 aromatic carbocycles. The van der Waals surface area contributed by atoms with Gasteiger partial charge in [0.2, 0.25) is 10.0 Å². The molecule has 3 atom stereocenters. The van der Waals surface area contributed by atoms with E-state index in [4.69, 9.17) is 4.74 Å². The van der Waals surface area contributed by atoms with E-state index in [9.17, 15) is 8.42 Å². The number of ether oxygens (including phenoxy) is 1. The summed E-state index contributed by atoms with van der Waals surface area (Å²) in [6.07, 6.45) is 1.35. The van der Waals surface area contributed by atoms with Crippen molar-refractivity contribution in [3.8, 4) is 0 Å². The SMILES string of the molecule is CC[C@@H]1O[C@@H](CC)N(S(=O)(=O)c2ccc(C)cc2)C[C@@H]1C. The van der Waals surface area contributed by atoms with E-state index in [-0.39, 0.29) is 18.2 Å². The van der Waals surface area contributed by atoms with Crippen molar-refractivity contribution in [3.63, 3.8) is 0 Å². The first-order chi connectivity index (χ1) is 9.90. The quantitative estimate of drug-likeness (QED) is 0.858. The number of benzene rings is 1. The van der Waals surface area contributed by atoms with Crippen LogP contribution in [0.5, 0.6) is 0 Å². The van der Waals surface area contributed by atoms with Gasteiger partial charge in [-0.3, -0.25) is 0 Å². The van der Waals surface area contributed by atoms with Gasteiger partial charge in [0.15, 0.2) is 0 Å². The van der Waals surface area contributed by atoms with Crippen LogP contribution in [0.3, 0.4) is 0 Å². The molecule has 21 heavy (non-hydrogen) atoms. The summed E-state index contributed by atoms with van der Waals surface area (Å²) in [6.45, 7) is 8.57. The molecule has 0 amide bonds. The van der Waals surface area contributed by atoms with E-state index in [0.29, 0.717) is 17.9 Å². The van der Waals surface area contributed by atoms with Gasteiger partial charge in [0, 0.05) is 6.54 Å². The summed E-state index contributed by atoms with van der Waals surface area (Å²) in [5.74, 6) is 0.207. The van der Waals surface area contributed by atoms with Gasteiger partial charge in [-0.25, -0.2) is 8.42 Å². The minimum absolute atomic E-state index is 0.138. The van der Waals surface area contributed by atoms with Crippen molar-refractivity contribution < 1.29 is 13.2 Å². The predicted molar refractivity (Wildman–Crippen MR) is 83.5 cm³/mol. The number of sulfonamides is 1. The maximum atomic E-state index is 12.9. The average Bonchev–Trinajstić information content (AvgIpc) is 2.47. The van der Waals surface area contributed by atoms with Gasteiger partial charge < -0.3 is 4.74 Å². The molecule has 1 aliphatic rings. The third-order valence-corrected chi connectivity index (χ3v) is 6.00. The van der Waals surface area contributed by atoms with Gasteiger partial charge >= 0.3 is 0 Å². The Kier molecular flexibility index (Phi) is 5.07. The van der Waals surface area contributed by atoms with E-state index in [0.717, 1.165) is 12.0 Å². The van der Waals surface area contributed by atoms with Crippen molar-refractivity contribution in [2.45, 2.75) is 57.8 Å². The molecule has 0 aromatic heterocycles. The fraction of sp³-hybridized carbons (Fsp3) is 0.625. The van der Waals surface area contributed by atoms with Crippen LogP contribution < -0.4 is 0 Å². The van der Waals surface area contributed by atoms with Crippen LogP contribution in [0.1, 0.15) is 39.2 Å². The van der Waals surface area contributed by atoms with Crippen molar-refractivity contribution in [1.82, 2.24) is 4.31 Å². The van der Waals surface area contributed by atoms with E-state index in [1.165, 1.54) is 4.31 Å². The molecule has 118 valence electrons. The summed E-state index contributed by atoms with van der Waals surface area (Å²) in [5.41, 5.74) is 1.05.